The topological polar surface area (TPSA) is 125 Å². The molecule has 172 valence electrons. The number of carbonyl (C=O) groups excluding carboxylic acids is 2. The Bertz CT molecular complexity index is 1130. The van der Waals surface area contributed by atoms with Gasteiger partial charge in [-0.1, -0.05) is 13.8 Å². The molecule has 0 fully saturated rings. The number of carbonyl (C=O) groups is 2. The second-order valence-corrected chi connectivity index (χ2v) is 7.23. The molecular weight excluding hydrogens is 414 g/mol. The zero-order valence-electron chi connectivity index (χ0n) is 19.1. The standard InChI is InChI=1S/C22H29N5O5/c1-6-10-26-19(14(3)21(30)27(11-7-2)22(26)31)25-15(4)16-8-9-17(23-12-16)20(29)24-13-18(28)32-5/h8-9,12H,6-7,10-11,13H2,1-5H3,(H,24,29). The molecule has 0 unspecified atom stereocenters. The second-order valence-electron chi connectivity index (χ2n) is 7.23. The number of methoxy groups -OCH3 is 1. The molecule has 0 saturated heterocycles. The minimum absolute atomic E-state index is 0.131. The van der Waals surface area contributed by atoms with Crippen LogP contribution in [0.5, 0.6) is 0 Å². The van der Waals surface area contributed by atoms with Crippen molar-refractivity contribution in [1.29, 1.82) is 0 Å². The Labute approximate surface area is 186 Å². The first-order chi connectivity index (χ1) is 15.2. The Balaban J connectivity index is 2.40. The van der Waals surface area contributed by atoms with Gasteiger partial charge in [-0.05, 0) is 38.8 Å². The Morgan fingerprint density at radius 2 is 1.78 bits per heavy atom. The van der Waals surface area contributed by atoms with Gasteiger partial charge in [0, 0.05) is 30.6 Å². The van der Waals surface area contributed by atoms with E-state index in [1.165, 1.54) is 28.5 Å². The van der Waals surface area contributed by atoms with Gasteiger partial charge in [-0.2, -0.15) is 0 Å². The molecule has 0 spiro atoms. The molecule has 2 heterocycles. The highest BCUT2D eigenvalue weighted by Crippen LogP contribution is 2.16. The summed E-state index contributed by atoms with van der Waals surface area (Å²) < 4.78 is 7.26. The molecule has 10 heteroatoms. The second kappa shape index (κ2) is 11.2. The fourth-order valence-corrected chi connectivity index (χ4v) is 3.09. The summed E-state index contributed by atoms with van der Waals surface area (Å²) in [6.45, 7) is 7.81. The van der Waals surface area contributed by atoms with Crippen LogP contribution in [0.15, 0.2) is 32.9 Å². The van der Waals surface area contributed by atoms with Crippen LogP contribution in [0, 0.1) is 6.92 Å². The first-order valence-corrected chi connectivity index (χ1v) is 10.5. The van der Waals surface area contributed by atoms with E-state index in [4.69, 9.17) is 0 Å². The molecule has 0 aliphatic rings. The highest BCUT2D eigenvalue weighted by atomic mass is 16.5. The highest BCUT2D eigenvalue weighted by molar-refractivity contribution is 6.01. The number of rotatable bonds is 9. The van der Waals surface area contributed by atoms with E-state index in [0.717, 1.165) is 0 Å². The van der Waals surface area contributed by atoms with Gasteiger partial charge in [0.05, 0.1) is 12.7 Å². The normalized spacial score (nSPS) is 11.3. The van der Waals surface area contributed by atoms with Crippen LogP contribution < -0.4 is 16.6 Å². The molecule has 1 amide bonds. The molecule has 1 N–H and O–H groups in total. The molecule has 0 atom stereocenters. The van der Waals surface area contributed by atoms with Crippen LogP contribution in [-0.4, -0.2) is 45.4 Å². The van der Waals surface area contributed by atoms with Crippen molar-refractivity contribution in [3.8, 4) is 0 Å². The van der Waals surface area contributed by atoms with E-state index in [-0.39, 0.29) is 23.5 Å². The predicted octanol–water partition coefficient (Wildman–Crippen LogP) is 1.58. The summed E-state index contributed by atoms with van der Waals surface area (Å²) >= 11 is 0. The van der Waals surface area contributed by atoms with Crippen molar-refractivity contribution in [2.75, 3.05) is 13.7 Å². The average molecular weight is 444 g/mol. The summed E-state index contributed by atoms with van der Waals surface area (Å²) in [4.78, 5) is 57.5. The van der Waals surface area contributed by atoms with E-state index in [0.29, 0.717) is 48.6 Å². The highest BCUT2D eigenvalue weighted by Gasteiger charge is 2.16. The first-order valence-electron chi connectivity index (χ1n) is 10.5. The summed E-state index contributed by atoms with van der Waals surface area (Å²) in [5.74, 6) is -0.748. The lowest BCUT2D eigenvalue weighted by molar-refractivity contribution is -0.139. The molecule has 10 nitrogen and oxygen atoms in total. The third-order valence-electron chi connectivity index (χ3n) is 4.82. The maximum absolute atomic E-state index is 12.9. The molecular formula is C22H29N5O5. The van der Waals surface area contributed by atoms with Crippen molar-refractivity contribution in [1.82, 2.24) is 19.4 Å². The Kier molecular flexibility index (Phi) is 8.62. The van der Waals surface area contributed by atoms with Crippen LogP contribution in [-0.2, 0) is 22.6 Å². The molecule has 2 aromatic heterocycles. The van der Waals surface area contributed by atoms with E-state index in [9.17, 15) is 19.2 Å². The molecule has 0 radical (unpaired) electrons. The lowest BCUT2D eigenvalue weighted by Gasteiger charge is -2.15. The van der Waals surface area contributed by atoms with Crippen LogP contribution in [0.3, 0.4) is 0 Å². The quantitative estimate of drug-likeness (QED) is 0.463. The molecule has 2 rings (SSSR count). The van der Waals surface area contributed by atoms with Gasteiger partial charge >= 0.3 is 11.7 Å². The van der Waals surface area contributed by atoms with Gasteiger partial charge < -0.3 is 10.1 Å². The number of ether oxygens (including phenoxy) is 1. The predicted molar refractivity (Wildman–Crippen MR) is 121 cm³/mol. The Morgan fingerprint density at radius 3 is 2.34 bits per heavy atom. The van der Waals surface area contributed by atoms with Crippen LogP contribution in [0.1, 0.15) is 55.2 Å². The summed E-state index contributed by atoms with van der Waals surface area (Å²) in [5, 5.41) is 2.41. The monoisotopic (exact) mass is 443 g/mol. The average Bonchev–Trinajstić information content (AvgIpc) is 2.80. The van der Waals surface area contributed by atoms with E-state index in [1.54, 1.807) is 19.9 Å². The number of pyridine rings is 1. The number of hydrogen-bond donors (Lipinski definition) is 1. The van der Waals surface area contributed by atoms with Gasteiger partial charge in [-0.3, -0.25) is 28.5 Å². The van der Waals surface area contributed by atoms with E-state index >= 15 is 0 Å². The van der Waals surface area contributed by atoms with Gasteiger partial charge in [0.2, 0.25) is 0 Å². The van der Waals surface area contributed by atoms with Crippen molar-refractivity contribution < 1.29 is 14.3 Å². The SMILES string of the molecule is CCCn1c(N=C(C)c2ccc(C(=O)NCC(=O)OC)nc2)c(C)c(=O)n(CCC)c1=O. The van der Waals surface area contributed by atoms with E-state index in [2.05, 4.69) is 20.0 Å². The maximum atomic E-state index is 12.9. The number of hydrogen-bond acceptors (Lipinski definition) is 7. The van der Waals surface area contributed by atoms with Gasteiger partial charge in [0.1, 0.15) is 18.1 Å². The minimum Gasteiger partial charge on any atom is -0.468 e. The van der Waals surface area contributed by atoms with Crippen molar-refractivity contribution in [3.05, 3.63) is 56.0 Å². The number of aromatic nitrogens is 3. The zero-order chi connectivity index (χ0) is 23.8. The van der Waals surface area contributed by atoms with Crippen LogP contribution in [0.25, 0.3) is 0 Å². The van der Waals surface area contributed by atoms with Gasteiger partial charge in [0.15, 0.2) is 0 Å². The van der Waals surface area contributed by atoms with E-state index < -0.39 is 11.9 Å². The van der Waals surface area contributed by atoms with Crippen molar-refractivity contribution in [2.24, 2.45) is 4.99 Å². The zero-order valence-corrected chi connectivity index (χ0v) is 19.1. The first kappa shape index (κ1) is 24.7. The summed E-state index contributed by atoms with van der Waals surface area (Å²) in [6, 6.07) is 3.17. The fraction of sp³-hybridized carbons (Fsp3) is 0.455. The number of amides is 1. The van der Waals surface area contributed by atoms with Gasteiger partial charge in [-0.15, -0.1) is 0 Å². The van der Waals surface area contributed by atoms with Crippen LogP contribution in [0.4, 0.5) is 5.82 Å². The molecule has 2 aromatic rings. The third kappa shape index (κ3) is 5.57. The van der Waals surface area contributed by atoms with Crippen LogP contribution in [0.2, 0.25) is 0 Å². The molecule has 0 aliphatic carbocycles. The minimum atomic E-state index is -0.563. The van der Waals surface area contributed by atoms with E-state index in [1.807, 2.05) is 13.8 Å². The number of aliphatic imine (C=N–C) groups is 1. The molecule has 0 saturated carbocycles. The number of esters is 1. The number of nitrogens with one attached hydrogen (secondary N) is 1. The van der Waals surface area contributed by atoms with Crippen LogP contribution >= 0.6 is 0 Å². The summed E-state index contributed by atoms with van der Waals surface area (Å²) in [7, 11) is 1.23. The Hall–Kier alpha value is -3.56. The lowest BCUT2D eigenvalue weighted by atomic mass is 10.1. The van der Waals surface area contributed by atoms with Gasteiger partial charge in [0.25, 0.3) is 11.5 Å². The molecule has 0 aliphatic heterocycles. The third-order valence-corrected chi connectivity index (χ3v) is 4.82. The summed E-state index contributed by atoms with van der Waals surface area (Å²) in [5.41, 5.74) is 0.989. The summed E-state index contributed by atoms with van der Waals surface area (Å²) in [6.07, 6.45) is 2.86. The molecule has 0 aromatic carbocycles. The smallest absolute Gasteiger partial charge is 0.332 e. The van der Waals surface area contributed by atoms with Crippen molar-refractivity contribution in [2.45, 2.75) is 53.6 Å². The molecule has 0 bridgehead atoms. The van der Waals surface area contributed by atoms with Gasteiger partial charge in [-0.25, -0.2) is 9.79 Å². The largest absolute Gasteiger partial charge is 0.468 e. The lowest BCUT2D eigenvalue weighted by Crippen LogP contribution is -2.41. The van der Waals surface area contributed by atoms with Crippen molar-refractivity contribution >= 4 is 23.4 Å². The molecule has 32 heavy (non-hydrogen) atoms. The fourth-order valence-electron chi connectivity index (χ4n) is 3.09. The van der Waals surface area contributed by atoms with Crippen molar-refractivity contribution in [3.63, 3.8) is 0 Å². The Morgan fingerprint density at radius 1 is 1.12 bits per heavy atom. The maximum Gasteiger partial charge on any atom is 0.332 e. The number of nitrogens with zero attached hydrogens (tertiary/aromatic N) is 4.